The Morgan fingerprint density at radius 2 is 1.28 bits per heavy atom. The first-order valence-electron chi connectivity index (χ1n) is 23.7. The normalized spacial score (nSPS) is 14.2. The van der Waals surface area contributed by atoms with Crippen LogP contribution < -0.4 is 11.1 Å². The van der Waals surface area contributed by atoms with Gasteiger partial charge in [-0.3, -0.25) is 28.9 Å². The topological polar surface area (TPSA) is 223 Å². The number of halogens is 1. The fraction of sp³-hybridized carbons (Fsp3) is 0.321. The van der Waals surface area contributed by atoms with E-state index in [-0.39, 0.29) is 23.5 Å². The number of hydrogen-bond acceptors (Lipinski definition) is 14. The third kappa shape index (κ3) is 12.7. The predicted molar refractivity (Wildman–Crippen MR) is 275 cm³/mol. The Kier molecular flexibility index (Phi) is 18.3. The van der Waals surface area contributed by atoms with Gasteiger partial charge in [-0.25, -0.2) is 19.7 Å². The van der Waals surface area contributed by atoms with E-state index in [9.17, 15) is 9.59 Å². The van der Waals surface area contributed by atoms with Gasteiger partial charge in [0.25, 0.3) is 0 Å². The molecule has 0 radical (unpaired) electrons. The molecule has 6 heterocycles. The molecule has 2 unspecified atom stereocenters. The summed E-state index contributed by atoms with van der Waals surface area (Å²) in [4.78, 5) is 59.3. The van der Waals surface area contributed by atoms with Crippen molar-refractivity contribution in [1.29, 1.82) is 0 Å². The van der Waals surface area contributed by atoms with Crippen LogP contribution in [0, 0.1) is 13.1 Å². The maximum atomic E-state index is 13.1. The number of anilines is 1. The fourth-order valence-corrected chi connectivity index (χ4v) is 8.62. The standard InChI is InChI=1S/C25H23N7O.C18H14ClN5O.C7H10N2.C3H8O2/c1-3-12-32-15-20-23(22-19-14-18(26-2)8-7-16(19)13-21(22)33)29-25(30-24(20)31-32)28-11-9-17-6-4-5-10-27-17;1-3-6-24-9-13-16(21-18(19)22-17(13)23-24)15-12-8-11(20-2)5-4-10(12)7-14(15)25;8-5-4-7-3-1-2-6-9-7;1-5-3-2-4/h4-8,10,14-15,22H,3,9,11-13H2,1H3,(H,28,30,31);4-5,8-9,15H,3,6-7H2,1H3;1-3,6H,4-5,8H2;4H,2-3H2,1H3. The third-order valence-corrected chi connectivity index (χ3v) is 11.8. The summed E-state index contributed by atoms with van der Waals surface area (Å²) in [5, 5.41) is 21.9. The summed E-state index contributed by atoms with van der Waals surface area (Å²) in [5.74, 6) is -0.481. The summed E-state index contributed by atoms with van der Waals surface area (Å²) in [7, 11) is 1.55. The minimum Gasteiger partial charge on any atom is -0.394 e. The van der Waals surface area contributed by atoms with Gasteiger partial charge in [0.05, 0.1) is 60.4 Å². The summed E-state index contributed by atoms with van der Waals surface area (Å²) in [6.07, 6.45) is 11.5. The monoisotopic (exact) mass is 986 g/mol. The Hall–Kier alpha value is -7.87. The number of hydrogen-bond donors (Lipinski definition) is 3. The maximum absolute atomic E-state index is 13.1. The molecule has 18 nitrogen and oxygen atoms in total. The van der Waals surface area contributed by atoms with Gasteiger partial charge >= 0.3 is 0 Å². The molecular formula is C53H55ClN14O4. The van der Waals surface area contributed by atoms with Gasteiger partial charge in [0.1, 0.15) is 0 Å². The number of carbonyl (C=O) groups excluding carboxylic acids is 2. The molecule has 0 fully saturated rings. The Morgan fingerprint density at radius 1 is 0.750 bits per heavy atom. The Morgan fingerprint density at radius 3 is 1.74 bits per heavy atom. The lowest BCUT2D eigenvalue weighted by Crippen LogP contribution is -2.14. The molecule has 2 atom stereocenters. The Bertz CT molecular complexity index is 3220. The first-order valence-corrected chi connectivity index (χ1v) is 24.0. The number of rotatable bonds is 14. The van der Waals surface area contributed by atoms with E-state index in [4.69, 9.17) is 40.6 Å². The lowest BCUT2D eigenvalue weighted by molar-refractivity contribution is -0.119. The number of ether oxygens (including phenoxy) is 1. The van der Waals surface area contributed by atoms with Crippen molar-refractivity contribution in [3.8, 4) is 0 Å². The molecule has 4 N–H and O–H groups in total. The first-order chi connectivity index (χ1) is 35.1. The molecule has 2 aliphatic rings. The van der Waals surface area contributed by atoms with Crippen LogP contribution in [0.1, 0.15) is 83.6 Å². The number of aliphatic hydroxyl groups is 1. The van der Waals surface area contributed by atoms with Gasteiger partial charge in [0, 0.05) is 88.6 Å². The van der Waals surface area contributed by atoms with Crippen LogP contribution in [0.2, 0.25) is 5.28 Å². The number of carbonyl (C=O) groups is 2. The van der Waals surface area contributed by atoms with Crippen LogP contribution in [-0.4, -0.2) is 99.6 Å². The van der Waals surface area contributed by atoms with E-state index in [2.05, 4.69) is 68.7 Å². The molecule has 0 saturated carbocycles. The van der Waals surface area contributed by atoms with Gasteiger partial charge in [-0.15, -0.1) is 0 Å². The van der Waals surface area contributed by atoms with Crippen LogP contribution in [0.5, 0.6) is 0 Å². The Labute approximate surface area is 422 Å². The molecule has 0 spiro atoms. The number of aryl methyl sites for hydroxylation is 2. The summed E-state index contributed by atoms with van der Waals surface area (Å²) in [5.41, 5.74) is 14.3. The zero-order chi connectivity index (χ0) is 51.0. The van der Waals surface area contributed by atoms with Crippen molar-refractivity contribution in [2.45, 2.75) is 77.3 Å². The molecule has 2 aromatic carbocycles. The Balaban J connectivity index is 0.000000170. The van der Waals surface area contributed by atoms with Gasteiger partial charge in [0.15, 0.2) is 34.2 Å². The molecule has 0 aliphatic heterocycles. The van der Waals surface area contributed by atoms with E-state index < -0.39 is 11.8 Å². The molecule has 8 aromatic rings. The molecule has 0 bridgehead atoms. The van der Waals surface area contributed by atoms with E-state index >= 15 is 0 Å². The van der Waals surface area contributed by atoms with Crippen molar-refractivity contribution in [2.75, 3.05) is 38.7 Å². The zero-order valence-corrected chi connectivity index (χ0v) is 41.1. The quantitative estimate of drug-likeness (QED) is 0.0694. The highest BCUT2D eigenvalue weighted by Gasteiger charge is 2.36. The molecule has 19 heteroatoms. The second kappa shape index (κ2) is 25.3. The molecule has 2 aliphatic carbocycles. The van der Waals surface area contributed by atoms with Crippen molar-refractivity contribution in [3.05, 3.63) is 171 Å². The van der Waals surface area contributed by atoms with Crippen LogP contribution >= 0.6 is 11.6 Å². The highest BCUT2D eigenvalue weighted by Crippen LogP contribution is 2.41. The van der Waals surface area contributed by atoms with Crippen molar-refractivity contribution in [3.63, 3.8) is 0 Å². The molecule has 0 saturated heterocycles. The fourth-order valence-electron chi connectivity index (χ4n) is 8.45. The smallest absolute Gasteiger partial charge is 0.225 e. The summed E-state index contributed by atoms with van der Waals surface area (Å²) < 4.78 is 8.10. The number of methoxy groups -OCH3 is 1. The van der Waals surface area contributed by atoms with Crippen LogP contribution in [-0.2, 0) is 53.1 Å². The van der Waals surface area contributed by atoms with Crippen molar-refractivity contribution in [2.24, 2.45) is 5.73 Å². The van der Waals surface area contributed by atoms with Crippen LogP contribution in [0.3, 0.4) is 0 Å². The summed E-state index contributed by atoms with van der Waals surface area (Å²) >= 11 is 6.09. The highest BCUT2D eigenvalue weighted by atomic mass is 35.5. The number of nitrogens with zero attached hydrogens (tertiary/aromatic N) is 12. The minimum atomic E-state index is -0.529. The molecule has 10 rings (SSSR count). The lowest BCUT2D eigenvalue weighted by atomic mass is 9.94. The predicted octanol–water partition coefficient (Wildman–Crippen LogP) is 8.00. The average Bonchev–Trinajstić information content (AvgIpc) is 4.16. The lowest BCUT2D eigenvalue weighted by Gasteiger charge is -2.13. The number of Topliss-reactive ketones (excluding diaryl/α,β-unsaturated/α-hetero) is 2. The first kappa shape index (κ1) is 52.0. The average molecular weight is 988 g/mol. The number of ketones is 2. The van der Waals surface area contributed by atoms with Gasteiger partial charge in [-0.1, -0.05) is 62.4 Å². The van der Waals surface area contributed by atoms with E-state index in [1.165, 1.54) is 0 Å². The minimum absolute atomic E-state index is 0.0523. The van der Waals surface area contributed by atoms with Gasteiger partial charge in [-0.2, -0.15) is 20.2 Å². The van der Waals surface area contributed by atoms with Crippen LogP contribution in [0.15, 0.2) is 97.6 Å². The van der Waals surface area contributed by atoms with E-state index in [1.807, 2.05) is 71.7 Å². The number of benzene rings is 2. The van der Waals surface area contributed by atoms with E-state index in [1.54, 1.807) is 42.4 Å². The zero-order valence-electron chi connectivity index (χ0n) is 40.4. The van der Waals surface area contributed by atoms with Gasteiger partial charge in [0.2, 0.25) is 11.2 Å². The van der Waals surface area contributed by atoms with Crippen LogP contribution in [0.4, 0.5) is 17.3 Å². The molecule has 72 heavy (non-hydrogen) atoms. The molecule has 368 valence electrons. The number of nitrogens with one attached hydrogen (secondary N) is 1. The summed E-state index contributed by atoms with van der Waals surface area (Å²) in [6.45, 7) is 22.1. The van der Waals surface area contributed by atoms with Crippen LogP contribution in [0.25, 0.3) is 31.8 Å². The SMILES string of the molecule is COCCO.NCCc1ccccn1.[C-]#[N+]c1ccc2c(c1)C(c1nc(Cl)nc3nn(CCC)cc13)C(=O)C2.[C-]#[N+]c1ccc2c(c1)C(c1nc(NCCc3ccccn3)nc3nn(CCC)cc13)C(=O)C2. The summed E-state index contributed by atoms with van der Waals surface area (Å²) in [6, 6.07) is 22.5. The number of nitrogens with two attached hydrogens (primary N) is 1. The second-order valence-electron chi connectivity index (χ2n) is 16.8. The van der Waals surface area contributed by atoms with Gasteiger partial charge in [-0.05, 0) is 77.5 Å². The highest BCUT2D eigenvalue weighted by molar-refractivity contribution is 6.28. The van der Waals surface area contributed by atoms with Crippen molar-refractivity contribution < 1.29 is 19.4 Å². The molecule has 6 aromatic heterocycles. The maximum Gasteiger partial charge on any atom is 0.225 e. The molecule has 0 amide bonds. The largest absolute Gasteiger partial charge is 0.394 e. The number of aliphatic hydroxyl groups excluding tert-OH is 1. The molecular weight excluding hydrogens is 932 g/mol. The third-order valence-electron chi connectivity index (χ3n) is 11.7. The number of aromatic nitrogens is 10. The van der Waals surface area contributed by atoms with E-state index in [0.29, 0.717) is 72.5 Å². The number of pyridine rings is 2. The number of fused-ring (bicyclic) bond motifs is 4. The second-order valence-corrected chi connectivity index (χ2v) is 17.1. The van der Waals surface area contributed by atoms with Gasteiger partial charge < -0.3 is 20.9 Å². The van der Waals surface area contributed by atoms with Crippen molar-refractivity contribution in [1.82, 2.24) is 49.5 Å². The van der Waals surface area contributed by atoms with E-state index in [0.717, 1.165) is 83.2 Å². The van der Waals surface area contributed by atoms with Crippen molar-refractivity contribution >= 4 is 62.6 Å².